The van der Waals surface area contributed by atoms with Crippen LogP contribution in [0.5, 0.6) is 0 Å². The predicted molar refractivity (Wildman–Crippen MR) is 69.5 cm³/mol. The number of methoxy groups -OCH3 is 1. The number of rotatable bonds is 7. The molecule has 0 aliphatic carbocycles. The molecule has 0 saturated carbocycles. The van der Waals surface area contributed by atoms with Crippen LogP contribution in [0.4, 0.5) is 0 Å². The maximum atomic E-state index is 12.3. The van der Waals surface area contributed by atoms with E-state index in [1.165, 1.54) is 11.6 Å². The van der Waals surface area contributed by atoms with Crippen molar-refractivity contribution < 1.29 is 23.1 Å². The SMILES string of the molecule is C=CCN(CCO)S(=O)(=O)c1scnc1C(=O)OC. The summed E-state index contributed by atoms with van der Waals surface area (Å²) in [4.78, 5) is 15.2. The van der Waals surface area contributed by atoms with E-state index in [1.807, 2.05) is 0 Å². The third kappa shape index (κ3) is 3.38. The molecule has 106 valence electrons. The highest BCUT2D eigenvalue weighted by atomic mass is 32.2. The van der Waals surface area contributed by atoms with Crippen LogP contribution in [0.1, 0.15) is 10.5 Å². The number of carbonyl (C=O) groups is 1. The molecule has 1 heterocycles. The Morgan fingerprint density at radius 1 is 1.68 bits per heavy atom. The second-order valence-corrected chi connectivity index (χ2v) is 6.34. The molecule has 9 heteroatoms. The number of carbonyl (C=O) groups excluding carboxylic acids is 1. The van der Waals surface area contributed by atoms with Gasteiger partial charge in [-0.15, -0.1) is 17.9 Å². The molecule has 1 aromatic heterocycles. The number of aliphatic hydroxyl groups is 1. The fourth-order valence-electron chi connectivity index (χ4n) is 1.33. The highest BCUT2D eigenvalue weighted by Gasteiger charge is 2.31. The van der Waals surface area contributed by atoms with Crippen LogP contribution in [0.3, 0.4) is 0 Å². The maximum Gasteiger partial charge on any atom is 0.358 e. The van der Waals surface area contributed by atoms with Crippen LogP contribution in [-0.4, -0.2) is 55.6 Å². The Labute approximate surface area is 115 Å². The molecule has 0 unspecified atom stereocenters. The van der Waals surface area contributed by atoms with Crippen molar-refractivity contribution in [2.45, 2.75) is 4.21 Å². The van der Waals surface area contributed by atoms with Crippen molar-refractivity contribution in [3.63, 3.8) is 0 Å². The lowest BCUT2D eigenvalue weighted by atomic mass is 10.5. The number of sulfonamides is 1. The molecule has 0 spiro atoms. The molecule has 0 fully saturated rings. The standard InChI is InChI=1S/C10H14N2O5S2/c1-3-4-12(5-6-13)19(15,16)10-8(9(14)17-2)11-7-18-10/h3,7,13H,1,4-6H2,2H3. The summed E-state index contributed by atoms with van der Waals surface area (Å²) >= 11 is 0.823. The Balaban J connectivity index is 3.22. The largest absolute Gasteiger partial charge is 0.464 e. The number of ether oxygens (including phenoxy) is 1. The topological polar surface area (TPSA) is 96.8 Å². The molecule has 0 radical (unpaired) electrons. The lowest BCUT2D eigenvalue weighted by molar-refractivity contribution is 0.0590. The first-order chi connectivity index (χ1) is 8.98. The number of nitrogens with zero attached hydrogens (tertiary/aromatic N) is 2. The van der Waals surface area contributed by atoms with Crippen molar-refractivity contribution in [1.29, 1.82) is 0 Å². The van der Waals surface area contributed by atoms with Crippen LogP contribution in [0.15, 0.2) is 22.4 Å². The lowest BCUT2D eigenvalue weighted by Crippen LogP contribution is -2.34. The summed E-state index contributed by atoms with van der Waals surface area (Å²) in [6, 6.07) is 0. The van der Waals surface area contributed by atoms with E-state index in [1.54, 1.807) is 0 Å². The first-order valence-electron chi connectivity index (χ1n) is 5.22. The molecule has 1 aromatic rings. The van der Waals surface area contributed by atoms with Gasteiger partial charge in [0.15, 0.2) is 9.90 Å². The highest BCUT2D eigenvalue weighted by molar-refractivity contribution is 7.91. The molecule has 19 heavy (non-hydrogen) atoms. The van der Waals surface area contributed by atoms with E-state index in [4.69, 9.17) is 5.11 Å². The molecule has 7 nitrogen and oxygen atoms in total. The molecule has 0 atom stereocenters. The first kappa shape index (κ1) is 15.8. The van der Waals surface area contributed by atoms with Gasteiger partial charge in [0.05, 0.1) is 19.2 Å². The molecular formula is C10H14N2O5S2. The summed E-state index contributed by atoms with van der Waals surface area (Å²) in [5.41, 5.74) is 1.00. The second-order valence-electron chi connectivity index (χ2n) is 3.36. The summed E-state index contributed by atoms with van der Waals surface area (Å²) in [5.74, 6) is -0.817. The number of hydrogen-bond donors (Lipinski definition) is 1. The van der Waals surface area contributed by atoms with Gasteiger partial charge in [0, 0.05) is 13.1 Å². The molecule has 0 aliphatic rings. The Morgan fingerprint density at radius 2 is 2.37 bits per heavy atom. The fourth-order valence-corrected chi connectivity index (χ4v) is 4.01. The lowest BCUT2D eigenvalue weighted by Gasteiger charge is -2.18. The average Bonchev–Trinajstić information content (AvgIpc) is 2.87. The normalized spacial score (nSPS) is 11.5. The summed E-state index contributed by atoms with van der Waals surface area (Å²) < 4.78 is 30.0. The monoisotopic (exact) mass is 306 g/mol. The van der Waals surface area contributed by atoms with E-state index in [0.717, 1.165) is 22.8 Å². The minimum Gasteiger partial charge on any atom is -0.464 e. The third-order valence-corrected chi connectivity index (χ3v) is 5.38. The van der Waals surface area contributed by atoms with Gasteiger partial charge in [0.2, 0.25) is 0 Å². The smallest absolute Gasteiger partial charge is 0.358 e. The molecular weight excluding hydrogens is 292 g/mol. The van der Waals surface area contributed by atoms with Gasteiger partial charge in [-0.1, -0.05) is 6.08 Å². The van der Waals surface area contributed by atoms with E-state index >= 15 is 0 Å². The molecule has 0 bridgehead atoms. The quantitative estimate of drug-likeness (QED) is 0.567. The van der Waals surface area contributed by atoms with E-state index in [2.05, 4.69) is 16.3 Å². The molecule has 0 aromatic carbocycles. The van der Waals surface area contributed by atoms with Crippen molar-refractivity contribution in [2.24, 2.45) is 0 Å². The number of thiazole rings is 1. The molecule has 0 amide bonds. The van der Waals surface area contributed by atoms with Gasteiger partial charge in [-0.25, -0.2) is 18.2 Å². The van der Waals surface area contributed by atoms with Gasteiger partial charge in [0.1, 0.15) is 0 Å². The van der Waals surface area contributed by atoms with Crippen molar-refractivity contribution in [1.82, 2.24) is 9.29 Å². The Morgan fingerprint density at radius 3 is 2.89 bits per heavy atom. The Bertz CT molecular complexity index is 552. The Kier molecular flexibility index (Phi) is 5.60. The van der Waals surface area contributed by atoms with Crippen molar-refractivity contribution >= 4 is 27.3 Å². The van der Waals surface area contributed by atoms with Crippen LogP contribution in [-0.2, 0) is 14.8 Å². The zero-order chi connectivity index (χ0) is 14.5. The van der Waals surface area contributed by atoms with Gasteiger partial charge < -0.3 is 9.84 Å². The van der Waals surface area contributed by atoms with Crippen LogP contribution >= 0.6 is 11.3 Å². The zero-order valence-corrected chi connectivity index (χ0v) is 11.9. The van der Waals surface area contributed by atoms with Crippen LogP contribution in [0.25, 0.3) is 0 Å². The van der Waals surface area contributed by atoms with Gasteiger partial charge in [0.25, 0.3) is 10.0 Å². The van der Waals surface area contributed by atoms with E-state index < -0.39 is 16.0 Å². The zero-order valence-electron chi connectivity index (χ0n) is 10.3. The minimum atomic E-state index is -3.91. The third-order valence-electron chi connectivity index (χ3n) is 2.17. The summed E-state index contributed by atoms with van der Waals surface area (Å²) in [6.07, 6.45) is 1.39. The number of esters is 1. The first-order valence-corrected chi connectivity index (χ1v) is 7.54. The number of aromatic nitrogens is 1. The molecule has 1 N–H and O–H groups in total. The Hall–Kier alpha value is -1.29. The molecule has 1 rings (SSSR count). The number of hydrogen-bond acceptors (Lipinski definition) is 7. The van der Waals surface area contributed by atoms with Gasteiger partial charge >= 0.3 is 5.97 Å². The average molecular weight is 306 g/mol. The van der Waals surface area contributed by atoms with Gasteiger partial charge in [-0.05, 0) is 0 Å². The van der Waals surface area contributed by atoms with E-state index in [9.17, 15) is 13.2 Å². The maximum absolute atomic E-state index is 12.3. The van der Waals surface area contributed by atoms with Crippen molar-refractivity contribution in [3.05, 3.63) is 23.9 Å². The van der Waals surface area contributed by atoms with Crippen molar-refractivity contribution in [2.75, 3.05) is 26.8 Å². The van der Waals surface area contributed by atoms with Gasteiger partial charge in [-0.2, -0.15) is 4.31 Å². The summed E-state index contributed by atoms with van der Waals surface area (Å²) in [7, 11) is -2.76. The highest BCUT2D eigenvalue weighted by Crippen LogP contribution is 2.24. The summed E-state index contributed by atoms with van der Waals surface area (Å²) in [6.45, 7) is 3.06. The number of aliphatic hydroxyl groups excluding tert-OH is 1. The van der Waals surface area contributed by atoms with E-state index in [0.29, 0.717) is 0 Å². The minimum absolute atomic E-state index is 0.0292. The molecule has 0 aliphatic heterocycles. The van der Waals surface area contributed by atoms with Crippen LogP contribution in [0, 0.1) is 0 Å². The van der Waals surface area contributed by atoms with Crippen LogP contribution in [0.2, 0.25) is 0 Å². The summed E-state index contributed by atoms with van der Waals surface area (Å²) in [5, 5.41) is 8.90. The van der Waals surface area contributed by atoms with E-state index in [-0.39, 0.29) is 29.6 Å². The second kappa shape index (κ2) is 6.75. The van der Waals surface area contributed by atoms with Crippen LogP contribution < -0.4 is 0 Å². The van der Waals surface area contributed by atoms with Crippen molar-refractivity contribution in [3.8, 4) is 0 Å². The molecule has 0 saturated heterocycles. The van der Waals surface area contributed by atoms with Gasteiger partial charge in [-0.3, -0.25) is 0 Å². The predicted octanol–water partition coefficient (Wildman–Crippen LogP) is 0.0987. The fraction of sp³-hybridized carbons (Fsp3) is 0.400.